The van der Waals surface area contributed by atoms with E-state index in [1.54, 1.807) is 0 Å². The summed E-state index contributed by atoms with van der Waals surface area (Å²) in [6, 6.07) is 0.713. The van der Waals surface area contributed by atoms with Gasteiger partial charge in [0.25, 0.3) is 0 Å². The first kappa shape index (κ1) is 11.8. The van der Waals surface area contributed by atoms with Crippen LogP contribution < -0.4 is 0 Å². The molecule has 0 heterocycles. The molecule has 0 aromatic carbocycles. The number of hydrogen-bond donors (Lipinski definition) is 0. The molecule has 0 unspecified atom stereocenters. The van der Waals surface area contributed by atoms with Gasteiger partial charge in [-0.25, -0.2) is 0 Å². The molecule has 0 bridgehead atoms. The molecule has 0 aliphatic carbocycles. The maximum atomic E-state index is 2.42. The molecule has 0 N–H and O–H groups in total. The lowest BCUT2D eigenvalue weighted by molar-refractivity contribution is 0.246. The van der Waals surface area contributed by atoms with Gasteiger partial charge in [0.15, 0.2) is 0 Å². The van der Waals surface area contributed by atoms with Gasteiger partial charge in [-0.3, -0.25) is 0 Å². The van der Waals surface area contributed by atoms with Crippen LogP contribution in [-0.4, -0.2) is 32.4 Å². The van der Waals surface area contributed by atoms with Gasteiger partial charge in [-0.1, -0.05) is 13.8 Å². The summed E-state index contributed by atoms with van der Waals surface area (Å²) in [5.41, 5.74) is 0. The smallest absolute Gasteiger partial charge is 0.0814 e. The maximum Gasteiger partial charge on any atom is 0.0814 e. The average Bonchev–Trinajstić information content (AvgIpc) is 1.69. The lowest BCUT2D eigenvalue weighted by atomic mass is 10.3. The van der Waals surface area contributed by atoms with E-state index in [0.717, 1.165) is 0 Å². The van der Waals surface area contributed by atoms with Crippen LogP contribution in [-0.2, 0) is 0 Å². The zero-order chi connectivity index (χ0) is 6.57. The molecule has 0 aromatic heterocycles. The number of rotatable bonds is 3. The highest BCUT2D eigenvalue weighted by Crippen LogP contribution is 1.94. The van der Waals surface area contributed by atoms with Gasteiger partial charge < -0.3 is 4.90 Å². The molecule has 0 radical (unpaired) electrons. The van der Waals surface area contributed by atoms with E-state index in [2.05, 4.69) is 32.6 Å². The SMILES string of the molecule is B.CCN(CC)C(C)C. The monoisotopic (exact) mass is 129 g/mol. The lowest BCUT2D eigenvalue weighted by Crippen LogP contribution is -2.29. The van der Waals surface area contributed by atoms with E-state index < -0.39 is 0 Å². The Morgan fingerprint density at radius 3 is 1.44 bits per heavy atom. The van der Waals surface area contributed by atoms with Crippen molar-refractivity contribution >= 4 is 8.41 Å². The van der Waals surface area contributed by atoms with Crippen molar-refractivity contribution < 1.29 is 0 Å². The molecule has 9 heavy (non-hydrogen) atoms. The van der Waals surface area contributed by atoms with Gasteiger partial charge in [0.2, 0.25) is 0 Å². The maximum absolute atomic E-state index is 2.42. The van der Waals surface area contributed by atoms with Gasteiger partial charge in [-0.15, -0.1) is 0 Å². The zero-order valence-corrected chi connectivity index (χ0v) is 6.44. The van der Waals surface area contributed by atoms with E-state index >= 15 is 0 Å². The first-order valence-corrected chi connectivity index (χ1v) is 3.46. The van der Waals surface area contributed by atoms with Gasteiger partial charge in [0, 0.05) is 6.04 Å². The fourth-order valence-electron chi connectivity index (χ4n) is 0.954. The summed E-state index contributed by atoms with van der Waals surface area (Å²) in [5.74, 6) is 0. The van der Waals surface area contributed by atoms with Crippen LogP contribution >= 0.6 is 0 Å². The van der Waals surface area contributed by atoms with Gasteiger partial charge in [0.05, 0.1) is 8.41 Å². The molecule has 0 aromatic rings. The molecular formula is C7H20BN. The highest BCUT2D eigenvalue weighted by molar-refractivity contribution is 5.75. The second kappa shape index (κ2) is 6.15. The van der Waals surface area contributed by atoms with Crippen LogP contribution in [0.2, 0.25) is 0 Å². The van der Waals surface area contributed by atoms with Crippen LogP contribution in [0.5, 0.6) is 0 Å². The molecule has 0 spiro atoms. The van der Waals surface area contributed by atoms with E-state index in [1.807, 2.05) is 0 Å². The minimum Gasteiger partial charge on any atom is -0.301 e. The fraction of sp³-hybridized carbons (Fsp3) is 1.00. The first-order chi connectivity index (χ1) is 3.72. The Balaban J connectivity index is 0. The van der Waals surface area contributed by atoms with Crippen LogP contribution in [0.25, 0.3) is 0 Å². The van der Waals surface area contributed by atoms with Crippen LogP contribution in [0.4, 0.5) is 0 Å². The zero-order valence-electron chi connectivity index (χ0n) is 6.44. The minimum atomic E-state index is 0. The summed E-state index contributed by atoms with van der Waals surface area (Å²) in [4.78, 5) is 2.42. The Labute approximate surface area is 61.0 Å². The van der Waals surface area contributed by atoms with Crippen molar-refractivity contribution in [3.8, 4) is 0 Å². The predicted molar refractivity (Wildman–Crippen MR) is 48.0 cm³/mol. The second-order valence-electron chi connectivity index (χ2n) is 2.31. The van der Waals surface area contributed by atoms with E-state index in [9.17, 15) is 0 Å². The third-order valence-electron chi connectivity index (χ3n) is 1.54. The summed E-state index contributed by atoms with van der Waals surface area (Å²) >= 11 is 0. The normalized spacial score (nSPS) is 10.0. The Morgan fingerprint density at radius 2 is 1.44 bits per heavy atom. The molecule has 0 aliphatic heterocycles. The van der Waals surface area contributed by atoms with Crippen molar-refractivity contribution in [1.82, 2.24) is 4.90 Å². The average molecular weight is 129 g/mol. The van der Waals surface area contributed by atoms with Gasteiger partial charge in [-0.05, 0) is 26.9 Å². The van der Waals surface area contributed by atoms with E-state index in [-0.39, 0.29) is 8.41 Å². The van der Waals surface area contributed by atoms with Crippen LogP contribution in [0.1, 0.15) is 27.7 Å². The topological polar surface area (TPSA) is 3.24 Å². The van der Waals surface area contributed by atoms with Crippen molar-refractivity contribution in [3.63, 3.8) is 0 Å². The van der Waals surface area contributed by atoms with Gasteiger partial charge >= 0.3 is 0 Å². The van der Waals surface area contributed by atoms with Crippen molar-refractivity contribution in [2.45, 2.75) is 33.7 Å². The molecule has 2 heteroatoms. The molecule has 0 amide bonds. The van der Waals surface area contributed by atoms with Crippen LogP contribution in [0.3, 0.4) is 0 Å². The minimum absolute atomic E-state index is 0. The van der Waals surface area contributed by atoms with Crippen molar-refractivity contribution in [3.05, 3.63) is 0 Å². The Bertz CT molecular complexity index is 50.9. The van der Waals surface area contributed by atoms with Crippen molar-refractivity contribution in [2.75, 3.05) is 13.1 Å². The molecule has 1 nitrogen and oxygen atoms in total. The largest absolute Gasteiger partial charge is 0.301 e. The van der Waals surface area contributed by atoms with E-state index in [0.29, 0.717) is 6.04 Å². The highest BCUT2D eigenvalue weighted by atomic mass is 15.1. The standard InChI is InChI=1S/C7H17N.BH3/c1-5-8(6-2)7(3)4;/h7H,5-6H2,1-4H3;1H3. The highest BCUT2D eigenvalue weighted by Gasteiger charge is 2.00. The molecule has 0 fully saturated rings. The lowest BCUT2D eigenvalue weighted by Gasteiger charge is -2.21. The summed E-state index contributed by atoms with van der Waals surface area (Å²) in [6.07, 6.45) is 0. The summed E-state index contributed by atoms with van der Waals surface area (Å²) in [7, 11) is 0. The number of hydrogen-bond acceptors (Lipinski definition) is 1. The second-order valence-corrected chi connectivity index (χ2v) is 2.31. The Hall–Kier alpha value is 0.0249. The Morgan fingerprint density at radius 1 is 1.11 bits per heavy atom. The van der Waals surface area contributed by atoms with Crippen LogP contribution in [0, 0.1) is 0 Å². The molecule has 0 atom stereocenters. The number of nitrogens with zero attached hydrogens (tertiary/aromatic N) is 1. The molecule has 0 rings (SSSR count). The fourth-order valence-corrected chi connectivity index (χ4v) is 0.954. The quantitative estimate of drug-likeness (QED) is 0.503. The van der Waals surface area contributed by atoms with Gasteiger partial charge in [0.1, 0.15) is 0 Å². The molecule has 0 saturated carbocycles. The van der Waals surface area contributed by atoms with E-state index in [1.165, 1.54) is 13.1 Å². The molecular weight excluding hydrogens is 109 g/mol. The summed E-state index contributed by atoms with van der Waals surface area (Å²) in [5, 5.41) is 0. The van der Waals surface area contributed by atoms with Crippen molar-refractivity contribution in [1.29, 1.82) is 0 Å². The summed E-state index contributed by atoms with van der Waals surface area (Å²) < 4.78 is 0. The predicted octanol–water partition coefficient (Wildman–Crippen LogP) is 0.553. The third-order valence-corrected chi connectivity index (χ3v) is 1.54. The van der Waals surface area contributed by atoms with Crippen molar-refractivity contribution in [2.24, 2.45) is 0 Å². The third kappa shape index (κ3) is 4.52. The van der Waals surface area contributed by atoms with E-state index in [4.69, 9.17) is 0 Å². The molecule has 0 aliphatic rings. The molecule has 0 saturated heterocycles. The van der Waals surface area contributed by atoms with Crippen LogP contribution in [0.15, 0.2) is 0 Å². The first-order valence-electron chi connectivity index (χ1n) is 3.46. The summed E-state index contributed by atoms with van der Waals surface area (Å²) in [6.45, 7) is 11.2. The molecule has 56 valence electrons. The van der Waals surface area contributed by atoms with Gasteiger partial charge in [-0.2, -0.15) is 0 Å². The Kier molecular flexibility index (Phi) is 8.05.